The number of hydrogen-bond acceptors (Lipinski definition) is 3. The van der Waals surface area contributed by atoms with Crippen LogP contribution in [-0.4, -0.2) is 11.0 Å². The third-order valence-electron chi connectivity index (χ3n) is 2.12. The van der Waals surface area contributed by atoms with Crippen molar-refractivity contribution in [3.05, 3.63) is 41.6 Å². The quantitative estimate of drug-likeness (QED) is 0.665. The number of rotatable bonds is 1. The van der Waals surface area contributed by atoms with Gasteiger partial charge in [0.25, 0.3) is 0 Å². The third-order valence-corrected chi connectivity index (χ3v) is 2.12. The van der Waals surface area contributed by atoms with Gasteiger partial charge < -0.3 is 9.90 Å². The molecule has 0 aliphatic heterocycles. The number of carbonyl (C=O) groups is 1. The van der Waals surface area contributed by atoms with Crippen LogP contribution >= 0.6 is 0 Å². The van der Waals surface area contributed by atoms with Crippen molar-refractivity contribution in [1.82, 2.24) is 4.98 Å². The molecule has 0 saturated heterocycles. The van der Waals surface area contributed by atoms with E-state index in [1.54, 1.807) is 12.1 Å². The predicted octanol–water partition coefficient (Wildman–Crippen LogP) is 0.907. The van der Waals surface area contributed by atoms with E-state index in [4.69, 9.17) is 0 Å². The summed E-state index contributed by atoms with van der Waals surface area (Å²) in [6, 6.07) is 6.95. The second-order valence-corrected chi connectivity index (χ2v) is 3.17. The zero-order chi connectivity index (χ0) is 10.1. The van der Waals surface area contributed by atoms with Crippen LogP contribution < -0.4 is 5.11 Å². The highest BCUT2D eigenvalue weighted by Crippen LogP contribution is 2.17. The van der Waals surface area contributed by atoms with Gasteiger partial charge in [-0.1, -0.05) is 11.6 Å². The summed E-state index contributed by atoms with van der Waals surface area (Å²) in [5, 5.41) is 11.4. The van der Waals surface area contributed by atoms with Gasteiger partial charge in [0.1, 0.15) is 0 Å². The van der Waals surface area contributed by atoms with E-state index in [0.717, 1.165) is 5.56 Å². The normalized spacial score (nSPS) is 10.4. The van der Waals surface area contributed by atoms with Gasteiger partial charge in [-0.05, 0) is 25.1 Å². The van der Waals surface area contributed by atoms with Gasteiger partial charge in [-0.3, -0.25) is 4.98 Å². The Labute approximate surface area is 81.0 Å². The van der Waals surface area contributed by atoms with E-state index < -0.39 is 5.97 Å². The van der Waals surface area contributed by atoms with E-state index in [0.29, 0.717) is 10.9 Å². The van der Waals surface area contributed by atoms with E-state index in [-0.39, 0.29) is 5.56 Å². The molecule has 0 N–H and O–H groups in total. The standard InChI is InChI=1S/C11H9NO2/c1-7-2-3-10-9(6-7)8(11(13)14)4-5-12-10/h2-6H,1H3,(H,13,14)/p-1. The molecule has 3 heteroatoms. The molecule has 0 amide bonds. The first kappa shape index (κ1) is 8.69. The van der Waals surface area contributed by atoms with Crippen LogP contribution in [0.5, 0.6) is 0 Å². The zero-order valence-corrected chi connectivity index (χ0v) is 7.65. The monoisotopic (exact) mass is 186 g/mol. The topological polar surface area (TPSA) is 53.0 Å². The van der Waals surface area contributed by atoms with E-state index in [1.807, 2.05) is 13.0 Å². The Balaban J connectivity index is 2.84. The number of aromatic nitrogens is 1. The number of aromatic carboxylic acids is 1. The number of nitrogens with zero attached hydrogens (tertiary/aromatic N) is 1. The Morgan fingerprint density at radius 1 is 1.36 bits per heavy atom. The molecule has 3 nitrogen and oxygen atoms in total. The second kappa shape index (κ2) is 3.10. The van der Waals surface area contributed by atoms with Gasteiger partial charge in [-0.25, -0.2) is 0 Å². The molecule has 0 radical (unpaired) electrons. The molecule has 0 saturated carbocycles. The summed E-state index contributed by atoms with van der Waals surface area (Å²) in [5.41, 5.74) is 1.88. The number of carbonyl (C=O) groups excluding carboxylic acids is 1. The lowest BCUT2D eigenvalue weighted by atomic mass is 10.1. The van der Waals surface area contributed by atoms with Crippen LogP contribution in [0.1, 0.15) is 15.9 Å². The summed E-state index contributed by atoms with van der Waals surface area (Å²) in [6.45, 7) is 1.91. The largest absolute Gasteiger partial charge is 0.545 e. The van der Waals surface area contributed by atoms with Crippen LogP contribution in [0.15, 0.2) is 30.5 Å². The lowest BCUT2D eigenvalue weighted by molar-refractivity contribution is -0.254. The molecule has 0 bridgehead atoms. The number of carboxylic acids is 1. The van der Waals surface area contributed by atoms with Gasteiger partial charge in [0.05, 0.1) is 11.5 Å². The molecular formula is C11H8NO2-. The summed E-state index contributed by atoms with van der Waals surface area (Å²) in [5.74, 6) is -1.16. The lowest BCUT2D eigenvalue weighted by Gasteiger charge is -2.06. The highest BCUT2D eigenvalue weighted by Gasteiger charge is 2.02. The van der Waals surface area contributed by atoms with Crippen LogP contribution in [-0.2, 0) is 0 Å². The fraction of sp³-hybridized carbons (Fsp3) is 0.0909. The number of hydrogen-bond donors (Lipinski definition) is 0. The molecule has 0 fully saturated rings. The van der Waals surface area contributed by atoms with Gasteiger partial charge in [0.15, 0.2) is 0 Å². The molecular weight excluding hydrogens is 178 g/mol. The Hall–Kier alpha value is -1.90. The molecule has 0 aliphatic rings. The molecule has 0 aliphatic carbocycles. The summed E-state index contributed by atoms with van der Waals surface area (Å²) in [4.78, 5) is 14.9. The van der Waals surface area contributed by atoms with Crippen molar-refractivity contribution >= 4 is 16.9 Å². The smallest absolute Gasteiger partial charge is 0.0722 e. The maximum absolute atomic E-state index is 10.8. The fourth-order valence-electron chi connectivity index (χ4n) is 1.44. The van der Waals surface area contributed by atoms with Crippen LogP contribution in [0.3, 0.4) is 0 Å². The number of fused-ring (bicyclic) bond motifs is 1. The van der Waals surface area contributed by atoms with E-state index in [1.165, 1.54) is 12.3 Å². The molecule has 1 heterocycles. The van der Waals surface area contributed by atoms with Crippen LogP contribution in [0.25, 0.3) is 10.9 Å². The van der Waals surface area contributed by atoms with E-state index >= 15 is 0 Å². The predicted molar refractivity (Wildman–Crippen MR) is 50.8 cm³/mol. The van der Waals surface area contributed by atoms with Gasteiger partial charge in [0.2, 0.25) is 0 Å². The summed E-state index contributed by atoms with van der Waals surface area (Å²) < 4.78 is 0. The molecule has 1 aromatic heterocycles. The van der Waals surface area contributed by atoms with Crippen LogP contribution in [0.2, 0.25) is 0 Å². The average molecular weight is 186 g/mol. The minimum Gasteiger partial charge on any atom is -0.545 e. The summed E-state index contributed by atoms with van der Waals surface area (Å²) in [7, 11) is 0. The highest BCUT2D eigenvalue weighted by molar-refractivity contribution is 6.01. The Morgan fingerprint density at radius 3 is 2.86 bits per heavy atom. The molecule has 0 unspecified atom stereocenters. The average Bonchev–Trinajstić information content (AvgIpc) is 2.16. The van der Waals surface area contributed by atoms with Crippen molar-refractivity contribution in [1.29, 1.82) is 0 Å². The number of carboxylic acid groups (broad SMARTS) is 1. The van der Waals surface area contributed by atoms with Crippen molar-refractivity contribution in [3.8, 4) is 0 Å². The minimum atomic E-state index is -1.16. The molecule has 14 heavy (non-hydrogen) atoms. The molecule has 70 valence electrons. The van der Waals surface area contributed by atoms with Crippen molar-refractivity contribution in [2.45, 2.75) is 6.92 Å². The Kier molecular flexibility index (Phi) is 1.93. The number of benzene rings is 1. The first-order valence-electron chi connectivity index (χ1n) is 4.25. The van der Waals surface area contributed by atoms with E-state index in [2.05, 4.69) is 4.98 Å². The maximum Gasteiger partial charge on any atom is 0.0722 e. The first-order chi connectivity index (χ1) is 6.68. The van der Waals surface area contributed by atoms with Crippen LogP contribution in [0, 0.1) is 6.92 Å². The maximum atomic E-state index is 10.8. The minimum absolute atomic E-state index is 0.193. The summed E-state index contributed by atoms with van der Waals surface area (Å²) in [6.07, 6.45) is 1.48. The lowest BCUT2D eigenvalue weighted by Crippen LogP contribution is -2.22. The number of pyridine rings is 1. The second-order valence-electron chi connectivity index (χ2n) is 3.17. The third kappa shape index (κ3) is 1.33. The fourth-order valence-corrected chi connectivity index (χ4v) is 1.44. The van der Waals surface area contributed by atoms with Crippen molar-refractivity contribution < 1.29 is 9.90 Å². The van der Waals surface area contributed by atoms with Crippen molar-refractivity contribution in [3.63, 3.8) is 0 Å². The molecule has 0 spiro atoms. The SMILES string of the molecule is Cc1ccc2nccc(C(=O)[O-])c2c1. The molecule has 2 aromatic rings. The number of aryl methyl sites for hydroxylation is 1. The van der Waals surface area contributed by atoms with Gasteiger partial charge in [0, 0.05) is 17.1 Å². The first-order valence-corrected chi connectivity index (χ1v) is 4.25. The van der Waals surface area contributed by atoms with E-state index in [9.17, 15) is 9.90 Å². The molecule has 0 atom stereocenters. The Morgan fingerprint density at radius 2 is 2.14 bits per heavy atom. The molecule has 2 rings (SSSR count). The van der Waals surface area contributed by atoms with Crippen molar-refractivity contribution in [2.24, 2.45) is 0 Å². The summed E-state index contributed by atoms with van der Waals surface area (Å²) >= 11 is 0. The molecule has 1 aromatic carbocycles. The van der Waals surface area contributed by atoms with Crippen molar-refractivity contribution in [2.75, 3.05) is 0 Å². The Bertz CT molecular complexity index is 506. The van der Waals surface area contributed by atoms with Crippen LogP contribution in [0.4, 0.5) is 0 Å². The zero-order valence-electron chi connectivity index (χ0n) is 7.65. The van der Waals surface area contributed by atoms with Gasteiger partial charge >= 0.3 is 0 Å². The van der Waals surface area contributed by atoms with Gasteiger partial charge in [-0.2, -0.15) is 0 Å². The highest BCUT2D eigenvalue weighted by atomic mass is 16.4. The van der Waals surface area contributed by atoms with Gasteiger partial charge in [-0.15, -0.1) is 0 Å².